The van der Waals surface area contributed by atoms with Gasteiger partial charge in [-0.1, -0.05) is 28.1 Å². The second kappa shape index (κ2) is 7.02. The van der Waals surface area contributed by atoms with Crippen LogP contribution in [0.25, 0.3) is 11.3 Å². The van der Waals surface area contributed by atoms with Crippen LogP contribution in [0.5, 0.6) is 11.5 Å². The summed E-state index contributed by atoms with van der Waals surface area (Å²) >= 11 is 5.03. The standard InChI is InChI=1S/C17H15BrN2O2S/c1-21-13-6-7-16(22-2)14(9-13)19-17-20-15(10-23-17)11-4-3-5-12(18)8-11/h3-10H,1-2H3,(H,19,20). The van der Waals surface area contributed by atoms with Gasteiger partial charge >= 0.3 is 0 Å². The predicted molar refractivity (Wildman–Crippen MR) is 98.1 cm³/mol. The quantitative estimate of drug-likeness (QED) is 0.638. The summed E-state index contributed by atoms with van der Waals surface area (Å²) in [7, 11) is 3.28. The number of nitrogens with one attached hydrogen (secondary N) is 1. The summed E-state index contributed by atoms with van der Waals surface area (Å²) in [6.45, 7) is 0. The van der Waals surface area contributed by atoms with Crippen molar-refractivity contribution in [2.75, 3.05) is 19.5 Å². The number of thiazole rings is 1. The zero-order valence-corrected chi connectivity index (χ0v) is 15.1. The Morgan fingerprint density at radius 1 is 1.09 bits per heavy atom. The molecule has 0 saturated carbocycles. The van der Waals surface area contributed by atoms with Gasteiger partial charge < -0.3 is 14.8 Å². The van der Waals surface area contributed by atoms with Crippen LogP contribution in [0.2, 0.25) is 0 Å². The van der Waals surface area contributed by atoms with Gasteiger partial charge in [-0.05, 0) is 24.3 Å². The molecule has 0 aliphatic carbocycles. The van der Waals surface area contributed by atoms with Crippen LogP contribution in [0.3, 0.4) is 0 Å². The molecule has 118 valence electrons. The first-order valence-corrected chi connectivity index (χ1v) is 8.57. The molecule has 4 nitrogen and oxygen atoms in total. The number of hydrogen-bond donors (Lipinski definition) is 1. The van der Waals surface area contributed by atoms with Crippen LogP contribution in [-0.4, -0.2) is 19.2 Å². The van der Waals surface area contributed by atoms with E-state index in [0.717, 1.165) is 38.0 Å². The van der Waals surface area contributed by atoms with Gasteiger partial charge in [-0.15, -0.1) is 11.3 Å². The van der Waals surface area contributed by atoms with Crippen molar-refractivity contribution in [2.24, 2.45) is 0 Å². The lowest BCUT2D eigenvalue weighted by Crippen LogP contribution is -1.95. The minimum atomic E-state index is 0.741. The molecule has 3 aromatic rings. The largest absolute Gasteiger partial charge is 0.497 e. The van der Waals surface area contributed by atoms with Crippen LogP contribution in [0.1, 0.15) is 0 Å². The van der Waals surface area contributed by atoms with E-state index in [0.29, 0.717) is 0 Å². The highest BCUT2D eigenvalue weighted by molar-refractivity contribution is 9.10. The van der Waals surface area contributed by atoms with Gasteiger partial charge in [0.1, 0.15) is 11.5 Å². The van der Waals surface area contributed by atoms with E-state index >= 15 is 0 Å². The van der Waals surface area contributed by atoms with Gasteiger partial charge in [0.25, 0.3) is 0 Å². The number of hydrogen-bond acceptors (Lipinski definition) is 5. The van der Waals surface area contributed by atoms with E-state index in [1.807, 2.05) is 47.8 Å². The molecule has 0 aliphatic heterocycles. The first kappa shape index (κ1) is 15.8. The molecule has 23 heavy (non-hydrogen) atoms. The van der Waals surface area contributed by atoms with Crippen LogP contribution in [0.4, 0.5) is 10.8 Å². The summed E-state index contributed by atoms with van der Waals surface area (Å²) in [5, 5.41) is 6.12. The first-order chi connectivity index (χ1) is 11.2. The molecule has 6 heteroatoms. The van der Waals surface area contributed by atoms with Gasteiger partial charge in [-0.3, -0.25) is 0 Å². The van der Waals surface area contributed by atoms with Crippen LogP contribution >= 0.6 is 27.3 Å². The maximum absolute atomic E-state index is 5.38. The Bertz CT molecular complexity index is 820. The number of rotatable bonds is 5. The third-order valence-corrected chi connectivity index (χ3v) is 4.52. The highest BCUT2D eigenvalue weighted by Gasteiger charge is 2.09. The molecule has 0 aliphatic rings. The number of benzene rings is 2. The Hall–Kier alpha value is -2.05. The SMILES string of the molecule is COc1ccc(OC)c(Nc2nc(-c3cccc(Br)c3)cs2)c1. The van der Waals surface area contributed by atoms with E-state index < -0.39 is 0 Å². The summed E-state index contributed by atoms with van der Waals surface area (Å²) in [6, 6.07) is 13.7. The lowest BCUT2D eigenvalue weighted by molar-refractivity contribution is 0.405. The number of ether oxygens (including phenoxy) is 2. The Morgan fingerprint density at radius 2 is 1.96 bits per heavy atom. The van der Waals surface area contributed by atoms with Gasteiger partial charge in [-0.25, -0.2) is 4.98 Å². The number of methoxy groups -OCH3 is 2. The van der Waals surface area contributed by atoms with Gasteiger partial charge in [-0.2, -0.15) is 0 Å². The second-order valence-corrected chi connectivity index (χ2v) is 6.51. The molecule has 0 atom stereocenters. The Balaban J connectivity index is 1.87. The normalized spacial score (nSPS) is 10.4. The fraction of sp³-hybridized carbons (Fsp3) is 0.118. The summed E-state index contributed by atoms with van der Waals surface area (Å²) in [5.41, 5.74) is 2.82. The summed E-state index contributed by atoms with van der Waals surface area (Å²) in [6.07, 6.45) is 0. The third-order valence-electron chi connectivity index (χ3n) is 3.27. The minimum Gasteiger partial charge on any atom is -0.497 e. The fourth-order valence-electron chi connectivity index (χ4n) is 2.14. The first-order valence-electron chi connectivity index (χ1n) is 6.90. The molecule has 1 N–H and O–H groups in total. The van der Waals surface area contributed by atoms with Gasteiger partial charge in [0.05, 0.1) is 25.6 Å². The van der Waals surface area contributed by atoms with E-state index in [1.165, 1.54) is 0 Å². The average molecular weight is 391 g/mol. The Kier molecular flexibility index (Phi) is 4.83. The average Bonchev–Trinajstić information content (AvgIpc) is 3.03. The van der Waals surface area contributed by atoms with Crippen molar-refractivity contribution in [3.63, 3.8) is 0 Å². The van der Waals surface area contributed by atoms with Crippen molar-refractivity contribution in [2.45, 2.75) is 0 Å². The maximum atomic E-state index is 5.38. The molecular weight excluding hydrogens is 376 g/mol. The van der Waals surface area contributed by atoms with E-state index in [4.69, 9.17) is 9.47 Å². The van der Waals surface area contributed by atoms with E-state index in [9.17, 15) is 0 Å². The van der Waals surface area contributed by atoms with E-state index in [-0.39, 0.29) is 0 Å². The molecule has 0 radical (unpaired) electrons. The summed E-state index contributed by atoms with van der Waals surface area (Å²) < 4.78 is 11.7. The highest BCUT2D eigenvalue weighted by atomic mass is 79.9. The monoisotopic (exact) mass is 390 g/mol. The van der Waals surface area contributed by atoms with Gasteiger partial charge in [0, 0.05) is 21.5 Å². The third kappa shape index (κ3) is 3.65. The lowest BCUT2D eigenvalue weighted by Gasteiger charge is -2.10. The number of aromatic nitrogens is 1. The molecule has 1 heterocycles. The highest BCUT2D eigenvalue weighted by Crippen LogP contribution is 2.34. The Labute approximate surface area is 147 Å². The van der Waals surface area contributed by atoms with Crippen molar-refractivity contribution in [1.82, 2.24) is 4.98 Å². The summed E-state index contributed by atoms with van der Waals surface area (Å²) in [4.78, 5) is 4.64. The zero-order chi connectivity index (χ0) is 16.2. The second-order valence-electron chi connectivity index (χ2n) is 4.74. The molecule has 1 aromatic heterocycles. The molecule has 0 unspecified atom stereocenters. The lowest BCUT2D eigenvalue weighted by atomic mass is 10.2. The molecular formula is C17H15BrN2O2S. The summed E-state index contributed by atoms with van der Waals surface area (Å²) in [5.74, 6) is 1.50. The zero-order valence-electron chi connectivity index (χ0n) is 12.7. The molecule has 0 bridgehead atoms. The number of halogens is 1. The predicted octanol–water partition coefficient (Wildman–Crippen LogP) is 5.33. The molecule has 2 aromatic carbocycles. The minimum absolute atomic E-state index is 0.741. The van der Waals surface area contributed by atoms with Crippen molar-refractivity contribution in [1.29, 1.82) is 0 Å². The van der Waals surface area contributed by atoms with Crippen molar-refractivity contribution in [3.8, 4) is 22.8 Å². The van der Waals surface area contributed by atoms with Crippen molar-refractivity contribution in [3.05, 3.63) is 52.3 Å². The molecule has 0 fully saturated rings. The fourth-order valence-corrected chi connectivity index (χ4v) is 3.27. The topological polar surface area (TPSA) is 43.4 Å². The molecule has 0 amide bonds. The van der Waals surface area contributed by atoms with Crippen LogP contribution in [0.15, 0.2) is 52.3 Å². The smallest absolute Gasteiger partial charge is 0.187 e. The van der Waals surface area contributed by atoms with Crippen molar-refractivity contribution >= 4 is 38.1 Å². The van der Waals surface area contributed by atoms with Gasteiger partial charge in [0.2, 0.25) is 0 Å². The van der Waals surface area contributed by atoms with Crippen molar-refractivity contribution < 1.29 is 9.47 Å². The Morgan fingerprint density at radius 3 is 2.70 bits per heavy atom. The number of anilines is 2. The van der Waals surface area contributed by atoms with E-state index in [2.05, 4.69) is 26.2 Å². The molecule has 0 saturated heterocycles. The van der Waals surface area contributed by atoms with Crippen LogP contribution in [0, 0.1) is 0 Å². The maximum Gasteiger partial charge on any atom is 0.187 e. The van der Waals surface area contributed by atoms with Gasteiger partial charge in [0.15, 0.2) is 5.13 Å². The van der Waals surface area contributed by atoms with Crippen LogP contribution in [-0.2, 0) is 0 Å². The number of nitrogens with zero attached hydrogens (tertiary/aromatic N) is 1. The van der Waals surface area contributed by atoms with Crippen LogP contribution < -0.4 is 14.8 Å². The molecule has 0 spiro atoms. The molecule has 3 rings (SSSR count). The van der Waals surface area contributed by atoms with E-state index in [1.54, 1.807) is 25.6 Å².